The number of esters is 2. The number of ether oxygens (including phenoxy) is 3. The second kappa shape index (κ2) is 28.9. The van der Waals surface area contributed by atoms with Crippen LogP contribution in [-0.4, -0.2) is 93.0 Å². The standard InChI is InChI=1S/2C27H43NO6P2S/c1-15-9-8-10-27(7)22(32-27)12-20(16(2)11-19-14-37-18(4)28-19)31-23(29)13-21(33-35)26(5,6)25(30)17(3)24(15)34-36;1-15-9-8-10-16(2)25(34-36)18(4)26(31)27(6,7)23(33-35)13-24(30)32-22(12-21(15)29)17(3)11-20-14-37-19(5)28-20/h11,14-15,17,20-22,24H,8-10,12-13,35-36H2,1-7H3;11,14,16,18,21-23,25,29H,1,8-10,12-13,35-36H2,2-7H3/b16-11+;17-11+. The minimum absolute atomic E-state index is 0.00299. The number of aliphatic hydroxyl groups excluding tert-OH is 1. The summed E-state index contributed by atoms with van der Waals surface area (Å²) >= 11 is 3.12. The second-order valence-electron chi connectivity index (χ2n) is 22.2. The van der Waals surface area contributed by atoms with Gasteiger partial charge in [0.15, 0.2) is 0 Å². The van der Waals surface area contributed by atoms with Crippen LogP contribution in [0.4, 0.5) is 0 Å². The summed E-state index contributed by atoms with van der Waals surface area (Å²) in [5.41, 5.74) is 1.88. The molecule has 2 aromatic rings. The van der Waals surface area contributed by atoms with Gasteiger partial charge < -0.3 is 37.4 Å². The smallest absolute Gasteiger partial charge is 0.309 e. The summed E-state index contributed by atoms with van der Waals surface area (Å²) in [6.07, 6.45) is 5.56. The number of carbonyl (C=O) groups excluding carboxylic acids is 4. The average molecular weight is 1140 g/mol. The molecule has 0 saturated carbocycles. The van der Waals surface area contributed by atoms with Crippen molar-refractivity contribution in [3.63, 3.8) is 0 Å². The zero-order chi connectivity index (χ0) is 55.5. The van der Waals surface area contributed by atoms with Crippen LogP contribution in [-0.2, 0) is 51.5 Å². The van der Waals surface area contributed by atoms with E-state index in [0.717, 1.165) is 64.7 Å². The molecule has 3 saturated heterocycles. The van der Waals surface area contributed by atoms with Gasteiger partial charge in [-0.15, -0.1) is 22.7 Å². The Morgan fingerprint density at radius 2 is 1.12 bits per heavy atom. The minimum atomic E-state index is -0.968. The second-order valence-corrected chi connectivity index (χ2v) is 25.4. The number of rotatable bonds is 8. The molecule has 5 rings (SSSR count). The molecule has 17 atom stereocenters. The Balaban J connectivity index is 0.000000320. The van der Waals surface area contributed by atoms with Gasteiger partial charge >= 0.3 is 11.9 Å². The number of ketones is 2. The summed E-state index contributed by atoms with van der Waals surface area (Å²) in [6.45, 7) is 29.2. The largest absolute Gasteiger partial charge is 0.458 e. The van der Waals surface area contributed by atoms with Crippen LogP contribution in [0, 0.1) is 48.3 Å². The molecule has 0 radical (unpaired) electrons. The van der Waals surface area contributed by atoms with E-state index in [1.807, 2.05) is 78.3 Å². The Bertz CT molecular complexity index is 2290. The number of aromatic nitrogens is 2. The van der Waals surface area contributed by atoms with Crippen molar-refractivity contribution in [2.75, 3.05) is 0 Å². The van der Waals surface area contributed by atoms with Crippen LogP contribution in [0.2, 0.25) is 0 Å². The Morgan fingerprint density at radius 1 is 0.703 bits per heavy atom. The minimum Gasteiger partial charge on any atom is -0.458 e. The summed E-state index contributed by atoms with van der Waals surface area (Å²) in [6, 6.07) is 0. The highest BCUT2D eigenvalue weighted by molar-refractivity contribution is 7.10. The number of carbonyl (C=O) groups is 4. The molecular formula is C54H86N2O12P4S2. The Morgan fingerprint density at radius 3 is 1.51 bits per heavy atom. The number of aryl methyl sites for hydroxylation is 2. The van der Waals surface area contributed by atoms with Crippen molar-refractivity contribution in [3.8, 4) is 0 Å². The molecule has 0 amide bonds. The molecule has 20 heteroatoms. The average Bonchev–Trinajstić information content (AvgIpc) is 3.55. The van der Waals surface area contributed by atoms with E-state index in [-0.39, 0.29) is 72.5 Å². The van der Waals surface area contributed by atoms with Crippen LogP contribution in [0.5, 0.6) is 0 Å². The molecule has 2 aromatic heterocycles. The van der Waals surface area contributed by atoms with Crippen LogP contribution < -0.4 is 0 Å². The lowest BCUT2D eigenvalue weighted by Crippen LogP contribution is -2.46. The third kappa shape index (κ3) is 17.6. The highest BCUT2D eigenvalue weighted by Crippen LogP contribution is 2.46. The van der Waals surface area contributed by atoms with Gasteiger partial charge in [0.2, 0.25) is 0 Å². The fourth-order valence-electron chi connectivity index (χ4n) is 10.4. The molecule has 14 nitrogen and oxygen atoms in total. The number of hydrogen-bond acceptors (Lipinski definition) is 16. The lowest BCUT2D eigenvalue weighted by molar-refractivity contribution is -0.154. The summed E-state index contributed by atoms with van der Waals surface area (Å²) in [4.78, 5) is 62.7. The predicted molar refractivity (Wildman–Crippen MR) is 308 cm³/mol. The maximum Gasteiger partial charge on any atom is 0.309 e. The summed E-state index contributed by atoms with van der Waals surface area (Å²) in [5.74, 6) is -1.45. The Labute approximate surface area is 459 Å². The third-order valence-electron chi connectivity index (χ3n) is 15.6. The normalized spacial score (nSPS) is 33.7. The molecule has 0 aliphatic carbocycles. The molecule has 0 spiro atoms. The van der Waals surface area contributed by atoms with Crippen LogP contribution in [0.15, 0.2) is 34.1 Å². The first-order valence-electron chi connectivity index (χ1n) is 25.8. The van der Waals surface area contributed by atoms with E-state index in [4.69, 9.17) is 32.3 Å². The Kier molecular flexibility index (Phi) is 25.3. The number of epoxide rings is 1. The maximum atomic E-state index is 13.7. The van der Waals surface area contributed by atoms with Gasteiger partial charge in [-0.05, 0) is 107 Å². The quantitative estimate of drug-likeness (QED) is 0.114. The zero-order valence-corrected chi connectivity index (χ0v) is 52.2. The molecule has 3 aliphatic rings. The molecular weight excluding hydrogens is 1060 g/mol. The van der Waals surface area contributed by atoms with E-state index in [0.29, 0.717) is 18.4 Å². The number of hydrogen-bond donors (Lipinski definition) is 1. The van der Waals surface area contributed by atoms with Crippen LogP contribution in [0.25, 0.3) is 12.2 Å². The molecule has 416 valence electrons. The first kappa shape index (κ1) is 64.8. The van der Waals surface area contributed by atoms with Crippen molar-refractivity contribution < 1.29 is 56.6 Å². The van der Waals surface area contributed by atoms with Crippen molar-refractivity contribution in [2.45, 2.75) is 209 Å². The summed E-state index contributed by atoms with van der Waals surface area (Å²) < 4.78 is 40.7. The van der Waals surface area contributed by atoms with Gasteiger partial charge in [0.25, 0.3) is 0 Å². The van der Waals surface area contributed by atoms with Crippen molar-refractivity contribution >= 4 is 96.2 Å². The highest BCUT2D eigenvalue weighted by Gasteiger charge is 2.53. The number of fused-ring (bicyclic) bond motifs is 1. The van der Waals surface area contributed by atoms with Crippen LogP contribution in [0.1, 0.15) is 162 Å². The van der Waals surface area contributed by atoms with E-state index in [1.54, 1.807) is 25.2 Å². The molecule has 3 aliphatic heterocycles. The van der Waals surface area contributed by atoms with E-state index in [2.05, 4.69) is 75.2 Å². The van der Waals surface area contributed by atoms with Gasteiger partial charge in [-0.25, -0.2) is 9.97 Å². The van der Waals surface area contributed by atoms with Gasteiger partial charge in [0.1, 0.15) is 23.8 Å². The molecule has 0 bridgehead atoms. The summed E-state index contributed by atoms with van der Waals surface area (Å²) in [7, 11) is 9.04. The van der Waals surface area contributed by atoms with Crippen LogP contribution in [0.3, 0.4) is 0 Å². The number of thiazole rings is 2. The number of nitrogens with zero attached hydrogens (tertiary/aromatic N) is 2. The predicted octanol–water partition coefficient (Wildman–Crippen LogP) is 12.0. The van der Waals surface area contributed by atoms with E-state index < -0.39 is 59.2 Å². The number of cyclic esters (lactones) is 2. The van der Waals surface area contributed by atoms with E-state index in [1.165, 1.54) is 11.3 Å². The van der Waals surface area contributed by atoms with E-state index in [9.17, 15) is 24.3 Å². The fraction of sp³-hybridized carbons (Fsp3) is 0.704. The number of aliphatic hydroxyl groups is 1. The SMILES string of the molecule is C/C(=C\c1csc(C)n1)C1CC2OC2(C)CCCC(C)C(OP)C(C)C(=O)C(C)(C)C(OP)CC(=O)O1.C=C1CCCC(C)C(OP)C(C)C(=O)C(C)(C)C(OP)CC(=O)OC(/C(C)=C/c2csc(C)n2)CC1O. The molecule has 17 unspecified atom stereocenters. The van der Waals surface area contributed by atoms with Gasteiger partial charge in [-0.1, -0.05) is 68.4 Å². The first-order valence-corrected chi connectivity index (χ1v) is 29.4. The molecule has 74 heavy (non-hydrogen) atoms. The zero-order valence-electron chi connectivity index (χ0n) is 46.0. The van der Waals surface area contributed by atoms with Gasteiger partial charge in [-0.3, -0.25) is 19.2 Å². The molecule has 0 aromatic carbocycles. The highest BCUT2D eigenvalue weighted by atomic mass is 32.1. The van der Waals surface area contributed by atoms with Crippen molar-refractivity contribution in [1.29, 1.82) is 0 Å². The van der Waals surface area contributed by atoms with Gasteiger partial charge in [-0.2, -0.15) is 0 Å². The topological polar surface area (TPSA) is 182 Å². The lowest BCUT2D eigenvalue weighted by Gasteiger charge is -2.37. The van der Waals surface area contributed by atoms with E-state index >= 15 is 0 Å². The monoisotopic (exact) mass is 1140 g/mol. The molecule has 1 N–H and O–H groups in total. The van der Waals surface area contributed by atoms with Gasteiger partial charge in [0.05, 0.1) is 87.3 Å². The van der Waals surface area contributed by atoms with Gasteiger partial charge in [0, 0.05) is 73.3 Å². The molecule has 3 fully saturated rings. The summed E-state index contributed by atoms with van der Waals surface area (Å²) in [5, 5.41) is 16.8. The fourth-order valence-corrected chi connectivity index (χ4v) is 13.5. The van der Waals surface area contributed by atoms with Crippen molar-refractivity contribution in [1.82, 2.24) is 9.97 Å². The molecule has 5 heterocycles. The lowest BCUT2D eigenvalue weighted by atomic mass is 9.73. The maximum absolute atomic E-state index is 13.7. The first-order chi connectivity index (χ1) is 34.6. The van der Waals surface area contributed by atoms with Crippen LogP contribution >= 0.6 is 60.5 Å². The third-order valence-corrected chi connectivity index (χ3v) is 18.5. The Hall–Kier alpha value is -1.76. The van der Waals surface area contributed by atoms with Crippen molar-refractivity contribution in [3.05, 3.63) is 55.5 Å². The van der Waals surface area contributed by atoms with Crippen molar-refractivity contribution in [2.24, 2.45) is 34.5 Å². The number of Topliss-reactive ketones (excluding diaryl/α,β-unsaturated/α-hetero) is 2.